The Kier molecular flexibility index (Phi) is 7.80. The van der Waals surface area contributed by atoms with E-state index >= 15 is 0 Å². The van der Waals surface area contributed by atoms with E-state index in [0.29, 0.717) is 44.0 Å². The van der Waals surface area contributed by atoms with E-state index in [9.17, 15) is 14.9 Å². The monoisotopic (exact) mass is 638 g/mol. The lowest BCUT2D eigenvalue weighted by Gasteiger charge is -2.27. The van der Waals surface area contributed by atoms with Gasteiger partial charge in [0.1, 0.15) is 11.8 Å². The second-order valence-electron chi connectivity index (χ2n) is 11.2. The van der Waals surface area contributed by atoms with Crippen LogP contribution in [0.2, 0.25) is 0 Å². The van der Waals surface area contributed by atoms with Crippen molar-refractivity contribution in [3.05, 3.63) is 144 Å². The molecule has 4 aromatic carbocycles. The Morgan fingerprint density at radius 3 is 2.55 bits per heavy atom. The summed E-state index contributed by atoms with van der Waals surface area (Å²) < 4.78 is 15.6. The summed E-state index contributed by atoms with van der Waals surface area (Å²) in [5.74, 6) is 0.0317. The first-order valence-corrected chi connectivity index (χ1v) is 16.1. The molecule has 1 aliphatic rings. The number of methoxy groups -OCH3 is 1. The van der Waals surface area contributed by atoms with Crippen molar-refractivity contribution in [2.24, 2.45) is 4.99 Å². The molecule has 7 rings (SSSR count). The van der Waals surface area contributed by atoms with Gasteiger partial charge in [-0.2, -0.15) is 5.26 Å². The predicted molar refractivity (Wildman–Crippen MR) is 183 cm³/mol. The number of nitrogens with zero attached hydrogens (tertiary/aromatic N) is 4. The topological polar surface area (TPSA) is 98.6 Å². The quantitative estimate of drug-likeness (QED) is 0.205. The molecule has 0 spiro atoms. The highest BCUT2D eigenvalue weighted by atomic mass is 32.1. The van der Waals surface area contributed by atoms with E-state index in [2.05, 4.69) is 10.6 Å². The maximum absolute atomic E-state index is 14.5. The maximum Gasteiger partial charge on any atom is 0.338 e. The smallest absolute Gasteiger partial charge is 0.338 e. The largest absolute Gasteiger partial charge is 0.496 e. The van der Waals surface area contributed by atoms with Gasteiger partial charge in [-0.15, -0.1) is 0 Å². The fourth-order valence-corrected chi connectivity index (χ4v) is 7.45. The first-order valence-electron chi connectivity index (χ1n) is 15.2. The van der Waals surface area contributed by atoms with Crippen molar-refractivity contribution in [3.63, 3.8) is 0 Å². The molecule has 232 valence electrons. The van der Waals surface area contributed by atoms with E-state index in [-0.39, 0.29) is 12.2 Å². The minimum absolute atomic E-state index is 0.183. The zero-order valence-electron chi connectivity index (χ0n) is 26.1. The van der Waals surface area contributed by atoms with Crippen LogP contribution in [-0.4, -0.2) is 28.8 Å². The summed E-state index contributed by atoms with van der Waals surface area (Å²) in [6, 6.07) is 28.7. The van der Waals surface area contributed by atoms with Crippen LogP contribution in [-0.2, 0) is 16.1 Å². The van der Waals surface area contributed by atoms with Gasteiger partial charge in [0, 0.05) is 34.8 Å². The highest BCUT2D eigenvalue weighted by Gasteiger charge is 2.36. The van der Waals surface area contributed by atoms with Gasteiger partial charge in [0.2, 0.25) is 0 Å². The molecule has 0 radical (unpaired) electrons. The highest BCUT2D eigenvalue weighted by molar-refractivity contribution is 7.07. The zero-order valence-corrected chi connectivity index (χ0v) is 26.9. The molecule has 8 nitrogen and oxygen atoms in total. The second-order valence-corrected chi connectivity index (χ2v) is 12.2. The molecule has 3 heterocycles. The van der Waals surface area contributed by atoms with Crippen LogP contribution in [0.15, 0.2) is 112 Å². The summed E-state index contributed by atoms with van der Waals surface area (Å²) in [5, 5.41) is 12.5. The Morgan fingerprint density at radius 2 is 1.77 bits per heavy atom. The number of thiazole rings is 1. The van der Waals surface area contributed by atoms with E-state index in [1.807, 2.05) is 97.2 Å². The molecule has 0 fully saturated rings. The average Bonchev–Trinajstić information content (AvgIpc) is 3.59. The predicted octanol–water partition coefficient (Wildman–Crippen LogP) is 5.83. The minimum atomic E-state index is -0.822. The van der Waals surface area contributed by atoms with Crippen LogP contribution in [0.1, 0.15) is 42.1 Å². The number of benzene rings is 4. The summed E-state index contributed by atoms with van der Waals surface area (Å²) in [4.78, 5) is 33.3. The first kappa shape index (κ1) is 30.0. The molecule has 2 aromatic heterocycles. The number of rotatable bonds is 7. The molecule has 0 unspecified atom stereocenters. The van der Waals surface area contributed by atoms with Crippen molar-refractivity contribution < 1.29 is 14.3 Å². The molecular weight excluding hydrogens is 609 g/mol. The number of aromatic nitrogens is 2. The van der Waals surface area contributed by atoms with Crippen LogP contribution in [0.25, 0.3) is 27.8 Å². The van der Waals surface area contributed by atoms with Crippen molar-refractivity contribution >= 4 is 45.1 Å². The molecular formula is C38H30N4O4S. The average molecular weight is 639 g/mol. The molecule has 0 N–H and O–H groups in total. The fraction of sp³-hybridized carbons (Fsp3) is 0.158. The van der Waals surface area contributed by atoms with Gasteiger partial charge in [-0.05, 0) is 54.5 Å². The van der Waals surface area contributed by atoms with E-state index < -0.39 is 12.0 Å². The maximum atomic E-state index is 14.5. The Labute approximate surface area is 274 Å². The zero-order chi connectivity index (χ0) is 32.7. The lowest BCUT2D eigenvalue weighted by molar-refractivity contribution is -0.139. The van der Waals surface area contributed by atoms with Gasteiger partial charge in [0.15, 0.2) is 4.80 Å². The van der Waals surface area contributed by atoms with Gasteiger partial charge in [-0.25, -0.2) is 9.79 Å². The van der Waals surface area contributed by atoms with E-state index in [1.165, 1.54) is 11.3 Å². The lowest BCUT2D eigenvalue weighted by Crippen LogP contribution is -2.40. The van der Waals surface area contributed by atoms with Crippen molar-refractivity contribution in [2.75, 3.05) is 13.7 Å². The summed E-state index contributed by atoms with van der Waals surface area (Å²) in [5.41, 5.74) is 4.60. The molecule has 9 heteroatoms. The third-order valence-electron chi connectivity index (χ3n) is 8.53. The Hall–Kier alpha value is -5.72. The van der Waals surface area contributed by atoms with Gasteiger partial charge in [-0.1, -0.05) is 78.1 Å². The van der Waals surface area contributed by atoms with Crippen molar-refractivity contribution in [2.45, 2.75) is 26.4 Å². The highest BCUT2D eigenvalue weighted by Crippen LogP contribution is 2.40. The molecule has 0 saturated carbocycles. The summed E-state index contributed by atoms with van der Waals surface area (Å²) in [6.45, 7) is 4.22. The number of allylic oxidation sites excluding steroid dienone is 1. The molecule has 0 aliphatic carbocycles. The molecule has 47 heavy (non-hydrogen) atoms. The third kappa shape index (κ3) is 5.13. The number of fused-ring (bicyclic) bond motifs is 3. The molecule has 0 bridgehead atoms. The second kappa shape index (κ2) is 12.2. The van der Waals surface area contributed by atoms with Crippen LogP contribution in [0.3, 0.4) is 0 Å². The molecule has 1 atom stereocenters. The number of hydrogen-bond donors (Lipinski definition) is 0. The first-order chi connectivity index (χ1) is 22.9. The third-order valence-corrected chi connectivity index (χ3v) is 9.51. The van der Waals surface area contributed by atoms with Crippen molar-refractivity contribution in [3.8, 4) is 11.8 Å². The lowest BCUT2D eigenvalue weighted by atomic mass is 9.90. The number of hydrogen-bond acceptors (Lipinski definition) is 7. The Morgan fingerprint density at radius 1 is 1.02 bits per heavy atom. The SMILES string of the molecule is CCOC(=O)C1=C(C)N=c2s/c(=C/c3cn(Cc4ccccc4C#N)c4ccccc34)c(=O)n2[C@@H]1c1c(OC)ccc2ccccc12. The van der Waals surface area contributed by atoms with Crippen LogP contribution in [0.5, 0.6) is 5.75 Å². The standard InChI is InChI=1S/C38H30N4O4S/c1-4-46-37(44)33-23(2)40-38-42(35(33)34-29-15-8-7-11-24(29)17-18-31(34)45-3)36(43)32(47-38)19-27-22-41(30-16-10-9-14-28(27)30)21-26-13-6-5-12-25(26)20-39/h5-19,22,35H,4,21H2,1-3H3/b32-19+/t35-/m0/s1. The van der Waals surface area contributed by atoms with Gasteiger partial charge in [-0.3, -0.25) is 9.36 Å². The van der Waals surface area contributed by atoms with Crippen molar-refractivity contribution in [1.82, 2.24) is 9.13 Å². The van der Waals surface area contributed by atoms with Gasteiger partial charge in [0.05, 0.1) is 41.2 Å². The van der Waals surface area contributed by atoms with Crippen LogP contribution in [0, 0.1) is 11.3 Å². The van der Waals surface area contributed by atoms with E-state index in [4.69, 9.17) is 14.5 Å². The summed E-state index contributed by atoms with van der Waals surface area (Å²) >= 11 is 1.28. The van der Waals surface area contributed by atoms with E-state index in [1.54, 1.807) is 25.5 Å². The number of carbonyl (C=O) groups excluding carboxylic acids is 1. The number of carbonyl (C=O) groups is 1. The molecule has 0 amide bonds. The Bertz CT molecular complexity index is 2480. The Balaban J connectivity index is 1.45. The van der Waals surface area contributed by atoms with E-state index in [0.717, 1.165) is 32.8 Å². The minimum Gasteiger partial charge on any atom is -0.496 e. The summed E-state index contributed by atoms with van der Waals surface area (Å²) in [6.07, 6.45) is 3.90. The number of ether oxygens (including phenoxy) is 2. The number of esters is 1. The van der Waals surface area contributed by atoms with Crippen molar-refractivity contribution in [1.29, 1.82) is 5.26 Å². The van der Waals surface area contributed by atoms with Gasteiger partial charge >= 0.3 is 5.97 Å². The van der Waals surface area contributed by atoms with Crippen LogP contribution >= 0.6 is 11.3 Å². The fourth-order valence-electron chi connectivity index (χ4n) is 6.41. The molecule has 1 aliphatic heterocycles. The normalized spacial score (nSPS) is 14.6. The molecule has 6 aromatic rings. The molecule has 0 saturated heterocycles. The van der Waals surface area contributed by atoms with Gasteiger partial charge < -0.3 is 14.0 Å². The van der Waals surface area contributed by atoms with Crippen LogP contribution < -0.4 is 19.6 Å². The summed E-state index contributed by atoms with van der Waals surface area (Å²) in [7, 11) is 1.59. The van der Waals surface area contributed by atoms with Gasteiger partial charge in [0.25, 0.3) is 5.56 Å². The number of nitriles is 1. The van der Waals surface area contributed by atoms with Crippen LogP contribution in [0.4, 0.5) is 0 Å². The number of para-hydroxylation sites is 1.